The van der Waals surface area contributed by atoms with Crippen LogP contribution < -0.4 is 10.6 Å². The molecule has 2 heterocycles. The third-order valence-corrected chi connectivity index (χ3v) is 4.40. The summed E-state index contributed by atoms with van der Waals surface area (Å²) in [6.45, 7) is 2.03. The maximum absolute atomic E-state index is 12.1. The zero-order valence-electron chi connectivity index (χ0n) is 14.9. The monoisotopic (exact) mass is 385 g/mol. The number of nitrogens with one attached hydrogen (secondary N) is 2. The molecule has 0 unspecified atom stereocenters. The summed E-state index contributed by atoms with van der Waals surface area (Å²) in [5, 5.41) is 12.1. The highest BCUT2D eigenvalue weighted by atomic mass is 32.1. The minimum atomic E-state index is -0.643. The van der Waals surface area contributed by atoms with Crippen molar-refractivity contribution in [3.63, 3.8) is 0 Å². The van der Waals surface area contributed by atoms with E-state index in [4.69, 9.17) is 4.74 Å². The fourth-order valence-electron chi connectivity index (χ4n) is 2.33. The number of carbonyl (C=O) groups excluding carboxylic acids is 2. The average molecular weight is 385 g/mol. The molecule has 3 rings (SSSR count). The Labute approximate surface area is 160 Å². The van der Waals surface area contributed by atoms with Crippen LogP contribution in [0.1, 0.15) is 21.7 Å². The first kappa shape index (κ1) is 18.6. The third kappa shape index (κ3) is 5.14. The fourth-order valence-corrected chi connectivity index (χ4v) is 3.01. The van der Waals surface area contributed by atoms with E-state index in [9.17, 15) is 9.59 Å². The lowest BCUT2D eigenvalue weighted by Gasteiger charge is -2.05. The lowest BCUT2D eigenvalue weighted by Crippen LogP contribution is -2.22. The van der Waals surface area contributed by atoms with Crippen molar-refractivity contribution in [1.29, 1.82) is 0 Å². The number of esters is 1. The van der Waals surface area contributed by atoms with Crippen molar-refractivity contribution in [2.75, 3.05) is 17.2 Å². The van der Waals surface area contributed by atoms with Crippen LogP contribution in [0.5, 0.6) is 0 Å². The van der Waals surface area contributed by atoms with Crippen LogP contribution in [0.4, 0.5) is 10.9 Å². The quantitative estimate of drug-likeness (QED) is 0.607. The number of benzene rings is 1. The largest absolute Gasteiger partial charge is 0.451 e. The summed E-state index contributed by atoms with van der Waals surface area (Å²) < 4.78 is 6.56. The number of ether oxygens (including phenoxy) is 1. The molecule has 1 amide bonds. The van der Waals surface area contributed by atoms with E-state index in [1.807, 2.05) is 37.3 Å². The van der Waals surface area contributed by atoms with Crippen LogP contribution in [0, 0.1) is 6.92 Å². The average Bonchev–Trinajstić information content (AvgIpc) is 3.25. The molecule has 0 aliphatic carbocycles. The Morgan fingerprint density at radius 2 is 2.04 bits per heavy atom. The van der Waals surface area contributed by atoms with Gasteiger partial charge in [0.05, 0.1) is 5.69 Å². The molecule has 2 N–H and O–H groups in total. The molecule has 0 aliphatic heterocycles. The molecular formula is C18H19N5O3S. The van der Waals surface area contributed by atoms with Crippen molar-refractivity contribution in [2.45, 2.75) is 13.5 Å². The topological polar surface area (TPSA) is 98.1 Å². The second-order valence-electron chi connectivity index (χ2n) is 5.80. The van der Waals surface area contributed by atoms with E-state index in [2.05, 4.69) is 20.7 Å². The predicted octanol–water partition coefficient (Wildman–Crippen LogP) is 2.59. The van der Waals surface area contributed by atoms with Gasteiger partial charge in [-0.15, -0.1) is 11.3 Å². The Balaban J connectivity index is 1.47. The van der Waals surface area contributed by atoms with Gasteiger partial charge >= 0.3 is 5.97 Å². The van der Waals surface area contributed by atoms with Gasteiger partial charge in [-0.25, -0.2) is 9.78 Å². The van der Waals surface area contributed by atoms with Gasteiger partial charge in [0.2, 0.25) is 0 Å². The molecule has 0 spiro atoms. The lowest BCUT2D eigenvalue weighted by atomic mass is 10.2. The van der Waals surface area contributed by atoms with Gasteiger partial charge in [0.15, 0.2) is 17.4 Å². The van der Waals surface area contributed by atoms with Crippen LogP contribution in [0.15, 0.2) is 41.8 Å². The predicted molar refractivity (Wildman–Crippen MR) is 103 cm³/mol. The highest BCUT2D eigenvalue weighted by Crippen LogP contribution is 2.17. The molecule has 0 fully saturated rings. The molecule has 8 nitrogen and oxygen atoms in total. The van der Waals surface area contributed by atoms with E-state index in [-0.39, 0.29) is 5.69 Å². The van der Waals surface area contributed by atoms with Crippen LogP contribution in [0.3, 0.4) is 0 Å². The Bertz CT molecular complexity index is 936. The molecule has 0 bridgehead atoms. The molecule has 0 atom stereocenters. The van der Waals surface area contributed by atoms with Gasteiger partial charge in [-0.05, 0) is 12.5 Å². The number of anilines is 2. The fraction of sp³-hybridized carbons (Fsp3) is 0.222. The number of aromatic nitrogens is 3. The van der Waals surface area contributed by atoms with Crippen molar-refractivity contribution in [3.8, 4) is 0 Å². The first-order chi connectivity index (χ1) is 13.0. The van der Waals surface area contributed by atoms with Crippen LogP contribution in [-0.2, 0) is 23.1 Å². The van der Waals surface area contributed by atoms with E-state index in [1.54, 1.807) is 23.2 Å². The molecule has 9 heteroatoms. The van der Waals surface area contributed by atoms with E-state index >= 15 is 0 Å². The SMILES string of the molecule is Cc1cc(NC(=O)COC(=O)c2csc(NCc3ccccc3)n2)n(C)n1. The molecular weight excluding hydrogens is 366 g/mol. The van der Waals surface area contributed by atoms with Crippen molar-refractivity contribution in [2.24, 2.45) is 7.05 Å². The normalized spacial score (nSPS) is 10.4. The highest BCUT2D eigenvalue weighted by molar-refractivity contribution is 7.13. The van der Waals surface area contributed by atoms with Crippen molar-refractivity contribution in [3.05, 3.63) is 58.7 Å². The van der Waals surface area contributed by atoms with Crippen LogP contribution >= 0.6 is 11.3 Å². The van der Waals surface area contributed by atoms with Gasteiger partial charge < -0.3 is 15.4 Å². The van der Waals surface area contributed by atoms with E-state index in [0.717, 1.165) is 11.3 Å². The number of amides is 1. The van der Waals surface area contributed by atoms with Gasteiger partial charge in [0.1, 0.15) is 5.82 Å². The van der Waals surface area contributed by atoms with Gasteiger partial charge in [0, 0.05) is 25.0 Å². The summed E-state index contributed by atoms with van der Waals surface area (Å²) in [6.07, 6.45) is 0. The number of aryl methyl sites for hydroxylation is 2. The second kappa shape index (κ2) is 8.45. The Hall–Kier alpha value is -3.20. The molecule has 0 saturated heterocycles. The van der Waals surface area contributed by atoms with Crippen LogP contribution in [0.2, 0.25) is 0 Å². The number of carbonyl (C=O) groups is 2. The van der Waals surface area contributed by atoms with E-state index in [0.29, 0.717) is 17.5 Å². The number of hydrogen-bond donors (Lipinski definition) is 2. The zero-order valence-corrected chi connectivity index (χ0v) is 15.7. The van der Waals surface area contributed by atoms with Gasteiger partial charge in [-0.3, -0.25) is 9.48 Å². The van der Waals surface area contributed by atoms with E-state index < -0.39 is 18.5 Å². The van der Waals surface area contributed by atoms with Gasteiger partial charge in [-0.1, -0.05) is 30.3 Å². The van der Waals surface area contributed by atoms with Gasteiger partial charge in [-0.2, -0.15) is 5.10 Å². The molecule has 0 aliphatic rings. The minimum Gasteiger partial charge on any atom is -0.451 e. The van der Waals surface area contributed by atoms with Gasteiger partial charge in [0.25, 0.3) is 5.91 Å². The van der Waals surface area contributed by atoms with E-state index in [1.165, 1.54) is 11.3 Å². The maximum atomic E-state index is 12.1. The first-order valence-electron chi connectivity index (χ1n) is 8.22. The Morgan fingerprint density at radius 1 is 1.26 bits per heavy atom. The van der Waals surface area contributed by atoms with Crippen LogP contribution in [0.25, 0.3) is 0 Å². The summed E-state index contributed by atoms with van der Waals surface area (Å²) in [4.78, 5) is 28.2. The Morgan fingerprint density at radius 3 is 2.74 bits per heavy atom. The summed E-state index contributed by atoms with van der Waals surface area (Å²) in [5.41, 5.74) is 2.06. The molecule has 1 aromatic carbocycles. The van der Waals surface area contributed by atoms with Crippen molar-refractivity contribution >= 4 is 34.2 Å². The Kier molecular flexibility index (Phi) is 5.82. The number of hydrogen-bond acceptors (Lipinski definition) is 7. The summed E-state index contributed by atoms with van der Waals surface area (Å²) >= 11 is 1.30. The second-order valence-corrected chi connectivity index (χ2v) is 6.65. The molecule has 140 valence electrons. The molecule has 3 aromatic rings. The number of rotatable bonds is 7. The number of thiazole rings is 1. The zero-order chi connectivity index (χ0) is 19.2. The summed E-state index contributed by atoms with van der Waals surface area (Å²) in [5.74, 6) is -0.547. The molecule has 0 radical (unpaired) electrons. The molecule has 2 aromatic heterocycles. The minimum absolute atomic E-state index is 0.166. The molecule has 27 heavy (non-hydrogen) atoms. The van der Waals surface area contributed by atoms with Crippen molar-refractivity contribution in [1.82, 2.24) is 14.8 Å². The summed E-state index contributed by atoms with van der Waals surface area (Å²) in [7, 11) is 1.72. The smallest absolute Gasteiger partial charge is 0.358 e. The van der Waals surface area contributed by atoms with Crippen LogP contribution in [-0.4, -0.2) is 33.2 Å². The lowest BCUT2D eigenvalue weighted by molar-refractivity contribution is -0.119. The molecule has 0 saturated carbocycles. The first-order valence-corrected chi connectivity index (χ1v) is 9.10. The van der Waals surface area contributed by atoms with Crippen molar-refractivity contribution < 1.29 is 14.3 Å². The number of nitrogens with zero attached hydrogens (tertiary/aromatic N) is 3. The summed E-state index contributed by atoms with van der Waals surface area (Å²) in [6, 6.07) is 11.6. The maximum Gasteiger partial charge on any atom is 0.358 e. The standard InChI is InChI=1S/C18H19N5O3S/c1-12-8-15(23(2)22-12)21-16(24)10-26-17(25)14-11-27-18(20-14)19-9-13-6-4-3-5-7-13/h3-8,11H,9-10H2,1-2H3,(H,19,20)(H,21,24). The third-order valence-electron chi connectivity index (χ3n) is 3.60. The highest BCUT2D eigenvalue weighted by Gasteiger charge is 2.15.